The van der Waals surface area contributed by atoms with E-state index in [-0.39, 0.29) is 17.3 Å². The number of hydrogen-bond acceptors (Lipinski definition) is 7. The van der Waals surface area contributed by atoms with Crippen LogP contribution in [0.5, 0.6) is 11.6 Å². The lowest BCUT2D eigenvalue weighted by Gasteiger charge is -2.27. The first-order valence-electron chi connectivity index (χ1n) is 11.0. The van der Waals surface area contributed by atoms with Crippen molar-refractivity contribution in [3.8, 4) is 23.0 Å². The fourth-order valence-corrected chi connectivity index (χ4v) is 3.91. The van der Waals surface area contributed by atoms with Crippen molar-refractivity contribution in [1.29, 1.82) is 0 Å². The van der Waals surface area contributed by atoms with Crippen LogP contribution in [0.3, 0.4) is 0 Å². The van der Waals surface area contributed by atoms with Gasteiger partial charge in [-0.1, -0.05) is 17.7 Å². The Morgan fingerprint density at radius 1 is 1.09 bits per heavy atom. The predicted molar refractivity (Wildman–Crippen MR) is 124 cm³/mol. The van der Waals surface area contributed by atoms with Crippen molar-refractivity contribution in [1.82, 2.24) is 29.8 Å². The molecule has 0 spiro atoms. The Labute approximate surface area is 195 Å². The summed E-state index contributed by atoms with van der Waals surface area (Å²) < 4.78 is 7.49. The molecule has 1 atom stereocenters. The number of aromatic nitrogens is 5. The second kappa shape index (κ2) is 9.22. The molecule has 1 aromatic carbocycles. The van der Waals surface area contributed by atoms with Crippen molar-refractivity contribution in [3.63, 3.8) is 0 Å². The number of nitrogens with one attached hydrogen (secondary N) is 1. The second-order valence-corrected chi connectivity index (χ2v) is 8.02. The van der Waals surface area contributed by atoms with Crippen LogP contribution in [0.4, 0.5) is 0 Å². The van der Waals surface area contributed by atoms with Gasteiger partial charge in [-0.3, -0.25) is 14.2 Å². The Hall–Kier alpha value is -4.40. The summed E-state index contributed by atoms with van der Waals surface area (Å²) in [6.07, 6.45) is 5.97. The van der Waals surface area contributed by atoms with Gasteiger partial charge in [0.05, 0.1) is 17.4 Å². The quantitative estimate of drug-likeness (QED) is 0.491. The summed E-state index contributed by atoms with van der Waals surface area (Å²) in [4.78, 5) is 43.1. The summed E-state index contributed by atoms with van der Waals surface area (Å²) in [6.45, 7) is 2.53. The summed E-state index contributed by atoms with van der Waals surface area (Å²) in [7, 11) is 0. The Bertz CT molecular complexity index is 1390. The molecule has 0 saturated heterocycles. The molecule has 4 heterocycles. The van der Waals surface area contributed by atoms with E-state index in [1.165, 1.54) is 12.4 Å². The molecular weight excluding hydrogens is 432 g/mol. The molecule has 0 saturated carbocycles. The van der Waals surface area contributed by atoms with Gasteiger partial charge < -0.3 is 10.1 Å². The van der Waals surface area contributed by atoms with Gasteiger partial charge in [0.1, 0.15) is 23.5 Å². The minimum absolute atomic E-state index is 0.178. The van der Waals surface area contributed by atoms with Crippen LogP contribution >= 0.6 is 0 Å². The van der Waals surface area contributed by atoms with Crippen LogP contribution in [-0.2, 0) is 6.54 Å². The van der Waals surface area contributed by atoms with Crippen LogP contribution in [0.2, 0.25) is 0 Å². The van der Waals surface area contributed by atoms with Gasteiger partial charge in [-0.2, -0.15) is 0 Å². The third-order valence-electron chi connectivity index (χ3n) is 5.62. The molecule has 3 aromatic heterocycles. The molecule has 5 rings (SSSR count). The summed E-state index contributed by atoms with van der Waals surface area (Å²) in [5.74, 6) is 0.949. The monoisotopic (exact) mass is 454 g/mol. The molecule has 1 amide bonds. The maximum atomic E-state index is 13.3. The van der Waals surface area contributed by atoms with Gasteiger partial charge in [0.15, 0.2) is 0 Å². The number of aryl methyl sites for hydroxylation is 1. The third kappa shape index (κ3) is 4.40. The highest BCUT2D eigenvalue weighted by atomic mass is 16.5. The zero-order valence-electron chi connectivity index (χ0n) is 18.5. The highest BCUT2D eigenvalue weighted by molar-refractivity contribution is 5.96. The van der Waals surface area contributed by atoms with Gasteiger partial charge in [0, 0.05) is 25.0 Å². The van der Waals surface area contributed by atoms with Gasteiger partial charge in [-0.15, -0.1) is 0 Å². The predicted octanol–water partition coefficient (Wildman–Crippen LogP) is 3.46. The molecule has 1 unspecified atom stereocenters. The smallest absolute Gasteiger partial charge is 0.257 e. The van der Waals surface area contributed by atoms with Crippen molar-refractivity contribution in [2.24, 2.45) is 0 Å². The molecule has 0 radical (unpaired) electrons. The highest BCUT2D eigenvalue weighted by Gasteiger charge is 2.27. The van der Waals surface area contributed by atoms with E-state index in [9.17, 15) is 9.59 Å². The molecule has 0 fully saturated rings. The fourth-order valence-electron chi connectivity index (χ4n) is 3.91. The number of pyridine rings is 1. The van der Waals surface area contributed by atoms with Crippen LogP contribution in [0.15, 0.2) is 72.0 Å². The first kappa shape index (κ1) is 21.4. The van der Waals surface area contributed by atoms with E-state index in [4.69, 9.17) is 4.74 Å². The lowest BCUT2D eigenvalue weighted by molar-refractivity contribution is 0.0924. The van der Waals surface area contributed by atoms with E-state index in [2.05, 4.69) is 25.3 Å². The van der Waals surface area contributed by atoms with Crippen molar-refractivity contribution in [2.75, 3.05) is 0 Å². The molecule has 1 aliphatic rings. The van der Waals surface area contributed by atoms with Gasteiger partial charge in [-0.25, -0.2) is 19.9 Å². The molecular formula is C25H22N6O3. The van der Waals surface area contributed by atoms with Crippen LogP contribution in [-0.4, -0.2) is 30.4 Å². The lowest BCUT2D eigenvalue weighted by atomic mass is 10.1. The molecule has 0 aliphatic carbocycles. The number of amides is 1. The third-order valence-corrected chi connectivity index (χ3v) is 5.62. The standard InChI is InChI=1S/C25H22N6O3/c1-16-6-8-17(9-7-16)34-25-18(4-2-11-27-25)24(33)30-20-5-3-13-31-22(32)14-21(29-23(20)31)19-10-12-26-15-28-19/h2,4,6-12,14-15,20H,3,5,13H2,1H3,(H,30,33). The maximum Gasteiger partial charge on any atom is 0.257 e. The van der Waals surface area contributed by atoms with E-state index in [0.717, 1.165) is 12.0 Å². The second-order valence-electron chi connectivity index (χ2n) is 8.02. The van der Waals surface area contributed by atoms with Crippen LogP contribution in [0.25, 0.3) is 11.4 Å². The molecule has 9 heteroatoms. The van der Waals surface area contributed by atoms with E-state index in [0.29, 0.717) is 41.5 Å². The number of carbonyl (C=O) groups is 1. The van der Waals surface area contributed by atoms with Crippen LogP contribution in [0.1, 0.15) is 40.6 Å². The van der Waals surface area contributed by atoms with Crippen molar-refractivity contribution < 1.29 is 9.53 Å². The molecule has 1 N–H and O–H groups in total. The summed E-state index contributed by atoms with van der Waals surface area (Å²) in [5.41, 5.74) is 2.22. The van der Waals surface area contributed by atoms with E-state index >= 15 is 0 Å². The SMILES string of the molecule is Cc1ccc(Oc2ncccc2C(=O)NC2CCCn3c2nc(-c2ccncn2)cc3=O)cc1. The molecule has 1 aliphatic heterocycles. The topological polar surface area (TPSA) is 112 Å². The average molecular weight is 454 g/mol. The number of nitrogens with zero attached hydrogens (tertiary/aromatic N) is 5. The number of hydrogen-bond donors (Lipinski definition) is 1. The highest BCUT2D eigenvalue weighted by Crippen LogP contribution is 2.27. The van der Waals surface area contributed by atoms with Crippen molar-refractivity contribution in [3.05, 3.63) is 94.6 Å². The Morgan fingerprint density at radius 3 is 2.74 bits per heavy atom. The molecule has 9 nitrogen and oxygen atoms in total. The van der Waals surface area contributed by atoms with Crippen molar-refractivity contribution in [2.45, 2.75) is 32.4 Å². The molecule has 34 heavy (non-hydrogen) atoms. The zero-order valence-corrected chi connectivity index (χ0v) is 18.5. The fraction of sp³-hybridized carbons (Fsp3) is 0.200. The summed E-state index contributed by atoms with van der Waals surface area (Å²) in [6, 6.07) is 13.6. The van der Waals surface area contributed by atoms with E-state index in [1.807, 2.05) is 31.2 Å². The van der Waals surface area contributed by atoms with E-state index < -0.39 is 6.04 Å². The number of fused-ring (bicyclic) bond motifs is 1. The van der Waals surface area contributed by atoms with Crippen LogP contribution in [0, 0.1) is 6.92 Å². The van der Waals surface area contributed by atoms with E-state index in [1.54, 1.807) is 35.2 Å². The lowest BCUT2D eigenvalue weighted by Crippen LogP contribution is -2.38. The number of carbonyl (C=O) groups excluding carboxylic acids is 1. The maximum absolute atomic E-state index is 13.3. The average Bonchev–Trinajstić information content (AvgIpc) is 2.86. The largest absolute Gasteiger partial charge is 0.438 e. The van der Waals surface area contributed by atoms with Gasteiger partial charge >= 0.3 is 0 Å². The first-order valence-corrected chi connectivity index (χ1v) is 11.0. The Kier molecular flexibility index (Phi) is 5.82. The first-order chi connectivity index (χ1) is 16.6. The summed E-state index contributed by atoms with van der Waals surface area (Å²) in [5, 5.41) is 3.02. The van der Waals surface area contributed by atoms with Crippen LogP contribution < -0.4 is 15.6 Å². The zero-order chi connectivity index (χ0) is 23.5. The Balaban J connectivity index is 1.43. The van der Waals surface area contributed by atoms with Gasteiger partial charge in [-0.05, 0) is 50.1 Å². The molecule has 4 aromatic rings. The molecule has 0 bridgehead atoms. The number of benzene rings is 1. The van der Waals surface area contributed by atoms with Gasteiger partial charge in [0.2, 0.25) is 5.88 Å². The Morgan fingerprint density at radius 2 is 1.94 bits per heavy atom. The normalized spacial score (nSPS) is 14.8. The minimum Gasteiger partial charge on any atom is -0.438 e. The molecule has 170 valence electrons. The number of ether oxygens (including phenoxy) is 1. The number of rotatable bonds is 5. The van der Waals surface area contributed by atoms with Gasteiger partial charge in [0.25, 0.3) is 11.5 Å². The minimum atomic E-state index is -0.442. The summed E-state index contributed by atoms with van der Waals surface area (Å²) >= 11 is 0. The van der Waals surface area contributed by atoms with Crippen molar-refractivity contribution >= 4 is 5.91 Å².